The number of pyridine rings is 1. The van der Waals surface area contributed by atoms with E-state index in [9.17, 15) is 0 Å². The highest BCUT2D eigenvalue weighted by molar-refractivity contribution is 8.01. The predicted molar refractivity (Wildman–Crippen MR) is 75.5 cm³/mol. The minimum absolute atomic E-state index is 0.314. The van der Waals surface area contributed by atoms with Gasteiger partial charge in [-0.3, -0.25) is 0 Å². The normalized spacial score (nSPS) is 16.8. The monoisotopic (exact) mass is 247 g/mol. The Balaban J connectivity index is 2.02. The highest BCUT2D eigenvalue weighted by atomic mass is 32.2. The van der Waals surface area contributed by atoms with Gasteiger partial charge >= 0.3 is 0 Å². The lowest BCUT2D eigenvalue weighted by Gasteiger charge is -2.16. The Hall–Kier alpha value is -0.760. The first kappa shape index (κ1) is 12.7. The van der Waals surface area contributed by atoms with Crippen molar-refractivity contribution in [1.82, 2.24) is 4.98 Å². The van der Waals surface area contributed by atoms with E-state index in [1.54, 1.807) is 0 Å². The zero-order valence-electron chi connectivity index (χ0n) is 10.8. The summed E-state index contributed by atoms with van der Waals surface area (Å²) in [6, 6.07) is 4.38. The fourth-order valence-corrected chi connectivity index (χ4v) is 3.31. The van der Waals surface area contributed by atoms with Crippen molar-refractivity contribution in [2.24, 2.45) is 0 Å². The predicted octanol–water partition coefficient (Wildman–Crippen LogP) is 4.63. The first-order chi connectivity index (χ1) is 8.20. The van der Waals surface area contributed by atoms with E-state index in [1.165, 1.54) is 30.4 Å². The molecule has 1 aromatic heterocycles. The summed E-state index contributed by atoms with van der Waals surface area (Å²) >= 11 is 1.91. The van der Waals surface area contributed by atoms with Gasteiger partial charge in [-0.05, 0) is 37.3 Å². The Labute approximate surface area is 109 Å². The molecule has 0 aromatic carbocycles. The Morgan fingerprint density at radius 2 is 2.18 bits per heavy atom. The molecule has 1 aliphatic carbocycles. The quantitative estimate of drug-likeness (QED) is 0.680. The van der Waals surface area contributed by atoms with E-state index in [4.69, 9.17) is 0 Å². The highest BCUT2D eigenvalue weighted by Crippen LogP contribution is 2.56. The SMILES string of the molecule is C=C(CC)C1(Sc2ccc(CCC)cn2)CC1. The van der Waals surface area contributed by atoms with E-state index in [2.05, 4.69) is 37.5 Å². The van der Waals surface area contributed by atoms with Gasteiger partial charge in [0.15, 0.2) is 0 Å². The van der Waals surface area contributed by atoms with Crippen molar-refractivity contribution in [2.45, 2.75) is 55.7 Å². The van der Waals surface area contributed by atoms with E-state index in [0.29, 0.717) is 4.75 Å². The van der Waals surface area contributed by atoms with Crippen molar-refractivity contribution in [3.05, 3.63) is 36.0 Å². The fourth-order valence-electron chi connectivity index (χ4n) is 2.07. The molecule has 0 atom stereocenters. The molecule has 0 bridgehead atoms. The Morgan fingerprint density at radius 1 is 1.41 bits per heavy atom. The molecule has 2 rings (SSSR count). The highest BCUT2D eigenvalue weighted by Gasteiger charge is 2.45. The second-order valence-corrected chi connectivity index (χ2v) is 6.21. The third kappa shape index (κ3) is 2.92. The molecule has 1 heterocycles. The molecular weight excluding hydrogens is 226 g/mol. The maximum absolute atomic E-state index is 4.56. The number of hydrogen-bond acceptors (Lipinski definition) is 2. The standard InChI is InChI=1S/C15H21NS/c1-4-6-13-7-8-14(16-11-13)17-15(9-10-15)12(3)5-2/h7-8,11H,3-6,9-10H2,1-2H3. The smallest absolute Gasteiger partial charge is 0.0968 e. The molecule has 0 spiro atoms. The second-order valence-electron chi connectivity index (χ2n) is 4.81. The number of hydrogen-bond donors (Lipinski definition) is 0. The van der Waals surface area contributed by atoms with Crippen LogP contribution in [0.15, 0.2) is 35.5 Å². The summed E-state index contributed by atoms with van der Waals surface area (Å²) in [7, 11) is 0. The zero-order chi connectivity index (χ0) is 12.3. The van der Waals surface area contributed by atoms with Crippen molar-refractivity contribution in [1.29, 1.82) is 0 Å². The van der Waals surface area contributed by atoms with Crippen molar-refractivity contribution >= 4 is 11.8 Å². The number of rotatable bonds is 6. The van der Waals surface area contributed by atoms with Gasteiger partial charge in [-0.25, -0.2) is 4.98 Å². The molecule has 1 saturated carbocycles. The van der Waals surface area contributed by atoms with E-state index in [1.807, 2.05) is 18.0 Å². The zero-order valence-corrected chi connectivity index (χ0v) is 11.6. The molecule has 0 saturated heterocycles. The summed E-state index contributed by atoms with van der Waals surface area (Å²) in [6.07, 6.45) is 7.96. The van der Waals surface area contributed by atoms with Crippen LogP contribution in [0.2, 0.25) is 0 Å². The van der Waals surface area contributed by atoms with E-state index in [-0.39, 0.29) is 0 Å². The van der Waals surface area contributed by atoms with Crippen LogP contribution in [0.25, 0.3) is 0 Å². The van der Waals surface area contributed by atoms with Gasteiger partial charge in [-0.1, -0.05) is 50.2 Å². The van der Waals surface area contributed by atoms with Crippen LogP contribution in [0, 0.1) is 0 Å². The van der Waals surface area contributed by atoms with Gasteiger partial charge in [-0.2, -0.15) is 0 Å². The topological polar surface area (TPSA) is 12.9 Å². The molecule has 0 N–H and O–H groups in total. The summed E-state index contributed by atoms with van der Waals surface area (Å²) in [6.45, 7) is 8.60. The van der Waals surface area contributed by atoms with Crippen molar-refractivity contribution in [2.75, 3.05) is 0 Å². The summed E-state index contributed by atoms with van der Waals surface area (Å²) in [5.41, 5.74) is 2.72. The van der Waals surface area contributed by atoms with E-state index >= 15 is 0 Å². The molecular formula is C15H21NS. The van der Waals surface area contributed by atoms with Crippen LogP contribution < -0.4 is 0 Å². The molecule has 0 unspecified atom stereocenters. The molecule has 1 aliphatic rings. The second kappa shape index (κ2) is 5.26. The third-order valence-corrected chi connectivity index (χ3v) is 4.95. The van der Waals surface area contributed by atoms with Crippen molar-refractivity contribution < 1.29 is 0 Å². The van der Waals surface area contributed by atoms with Crippen LogP contribution in [0.3, 0.4) is 0 Å². The van der Waals surface area contributed by atoms with E-state index < -0.39 is 0 Å². The van der Waals surface area contributed by atoms with Crippen LogP contribution >= 0.6 is 11.8 Å². The maximum Gasteiger partial charge on any atom is 0.0968 e. The van der Waals surface area contributed by atoms with Crippen LogP contribution in [-0.4, -0.2) is 9.73 Å². The first-order valence-electron chi connectivity index (χ1n) is 6.52. The number of aromatic nitrogens is 1. The van der Waals surface area contributed by atoms with Gasteiger partial charge in [0.05, 0.1) is 5.03 Å². The van der Waals surface area contributed by atoms with Crippen LogP contribution in [-0.2, 0) is 6.42 Å². The van der Waals surface area contributed by atoms with Crippen LogP contribution in [0.4, 0.5) is 0 Å². The van der Waals surface area contributed by atoms with Crippen molar-refractivity contribution in [3.8, 4) is 0 Å². The number of thioether (sulfide) groups is 1. The first-order valence-corrected chi connectivity index (χ1v) is 7.34. The minimum Gasteiger partial charge on any atom is -0.250 e. The van der Waals surface area contributed by atoms with Gasteiger partial charge in [0.25, 0.3) is 0 Å². The van der Waals surface area contributed by atoms with Gasteiger partial charge < -0.3 is 0 Å². The van der Waals surface area contributed by atoms with Gasteiger partial charge in [0.1, 0.15) is 0 Å². The molecule has 92 valence electrons. The third-order valence-electron chi connectivity index (χ3n) is 3.41. The molecule has 0 amide bonds. The Morgan fingerprint density at radius 3 is 2.65 bits per heavy atom. The lowest BCUT2D eigenvalue weighted by atomic mass is 10.1. The Kier molecular flexibility index (Phi) is 3.93. The lowest BCUT2D eigenvalue weighted by molar-refractivity contribution is 0.902. The molecule has 2 heteroatoms. The molecule has 0 radical (unpaired) electrons. The minimum atomic E-state index is 0.314. The average molecular weight is 247 g/mol. The summed E-state index contributed by atoms with van der Waals surface area (Å²) in [4.78, 5) is 4.56. The Bertz CT molecular complexity index is 390. The summed E-state index contributed by atoms with van der Waals surface area (Å²) < 4.78 is 0.314. The van der Waals surface area contributed by atoms with Gasteiger partial charge in [0.2, 0.25) is 0 Å². The largest absolute Gasteiger partial charge is 0.250 e. The fraction of sp³-hybridized carbons (Fsp3) is 0.533. The van der Waals surface area contributed by atoms with Crippen LogP contribution in [0.1, 0.15) is 45.1 Å². The maximum atomic E-state index is 4.56. The summed E-state index contributed by atoms with van der Waals surface area (Å²) in [5, 5.41) is 1.15. The lowest BCUT2D eigenvalue weighted by Crippen LogP contribution is -2.05. The van der Waals surface area contributed by atoms with Gasteiger partial charge in [0, 0.05) is 10.9 Å². The molecule has 1 nitrogen and oxygen atoms in total. The van der Waals surface area contributed by atoms with Crippen LogP contribution in [0.5, 0.6) is 0 Å². The number of nitrogens with zero attached hydrogens (tertiary/aromatic N) is 1. The molecule has 17 heavy (non-hydrogen) atoms. The van der Waals surface area contributed by atoms with Gasteiger partial charge in [-0.15, -0.1) is 0 Å². The molecule has 0 aliphatic heterocycles. The molecule has 1 fully saturated rings. The van der Waals surface area contributed by atoms with Crippen molar-refractivity contribution in [3.63, 3.8) is 0 Å². The average Bonchev–Trinajstić information content (AvgIpc) is 3.12. The summed E-state index contributed by atoms with van der Waals surface area (Å²) in [5.74, 6) is 0. The van der Waals surface area contributed by atoms with E-state index in [0.717, 1.165) is 17.9 Å². The number of aryl methyl sites for hydroxylation is 1. The molecule has 1 aromatic rings.